The minimum Gasteiger partial charge on any atom is -0.330 e. The summed E-state index contributed by atoms with van der Waals surface area (Å²) in [6.45, 7) is 7.32. The molecule has 18 heavy (non-hydrogen) atoms. The topological polar surface area (TPSA) is 66.6 Å². The molecule has 0 spiro atoms. The highest BCUT2D eigenvalue weighted by atomic mass is 32.2. The zero-order valence-corrected chi connectivity index (χ0v) is 12.2. The zero-order chi connectivity index (χ0) is 13.4. The van der Waals surface area contributed by atoms with Gasteiger partial charge in [0.1, 0.15) is 0 Å². The van der Waals surface area contributed by atoms with Gasteiger partial charge in [-0.25, -0.2) is 0 Å². The molecule has 2 N–H and O–H groups in total. The van der Waals surface area contributed by atoms with Crippen LogP contribution in [-0.4, -0.2) is 49.8 Å². The Kier molecular flexibility index (Phi) is 4.02. The van der Waals surface area contributed by atoms with Crippen LogP contribution in [-0.2, 0) is 10.2 Å². The third-order valence-electron chi connectivity index (χ3n) is 4.41. The van der Waals surface area contributed by atoms with E-state index in [0.717, 1.165) is 19.3 Å². The van der Waals surface area contributed by atoms with Crippen LogP contribution in [0, 0.1) is 11.3 Å². The third-order valence-corrected chi connectivity index (χ3v) is 6.39. The molecule has 0 bridgehead atoms. The fourth-order valence-corrected chi connectivity index (χ4v) is 4.52. The molecule has 6 heteroatoms. The van der Waals surface area contributed by atoms with E-state index in [1.165, 1.54) is 0 Å². The van der Waals surface area contributed by atoms with Gasteiger partial charge in [0.05, 0.1) is 0 Å². The molecule has 2 fully saturated rings. The zero-order valence-electron chi connectivity index (χ0n) is 11.4. The Labute approximate surface area is 110 Å². The van der Waals surface area contributed by atoms with Gasteiger partial charge in [-0.05, 0) is 37.1 Å². The number of piperidine rings is 1. The molecule has 2 saturated heterocycles. The maximum absolute atomic E-state index is 12.5. The minimum atomic E-state index is -3.26. The van der Waals surface area contributed by atoms with Crippen LogP contribution in [0.4, 0.5) is 0 Å². The van der Waals surface area contributed by atoms with Crippen molar-refractivity contribution in [2.75, 3.05) is 32.7 Å². The molecule has 0 aromatic rings. The molecule has 0 radical (unpaired) electrons. The van der Waals surface area contributed by atoms with Crippen LogP contribution >= 0.6 is 0 Å². The fraction of sp³-hybridized carbons (Fsp3) is 1.00. The maximum atomic E-state index is 12.5. The summed E-state index contributed by atoms with van der Waals surface area (Å²) in [4.78, 5) is 0. The lowest BCUT2D eigenvalue weighted by Crippen LogP contribution is -2.47. The average molecular weight is 275 g/mol. The van der Waals surface area contributed by atoms with Crippen LogP contribution in [0.1, 0.15) is 33.1 Å². The van der Waals surface area contributed by atoms with Crippen LogP contribution in [0.25, 0.3) is 0 Å². The molecule has 1 unspecified atom stereocenters. The van der Waals surface area contributed by atoms with Gasteiger partial charge in [0.15, 0.2) is 0 Å². The maximum Gasteiger partial charge on any atom is 0.281 e. The minimum absolute atomic E-state index is 0.0455. The highest BCUT2D eigenvalue weighted by molar-refractivity contribution is 7.86. The molecule has 2 aliphatic heterocycles. The second kappa shape index (κ2) is 5.07. The monoisotopic (exact) mass is 275 g/mol. The van der Waals surface area contributed by atoms with E-state index in [1.807, 2.05) is 0 Å². The number of nitrogens with two attached hydrogens (primary N) is 1. The summed E-state index contributed by atoms with van der Waals surface area (Å²) < 4.78 is 28.3. The van der Waals surface area contributed by atoms with E-state index in [2.05, 4.69) is 13.8 Å². The number of hydrogen-bond acceptors (Lipinski definition) is 3. The Morgan fingerprint density at radius 1 is 1.22 bits per heavy atom. The standard InChI is InChI=1S/C12H25N3O2S/c1-11-3-6-14(7-4-11)18(16,17)15-8-5-12(2,9-13)10-15/h11H,3-10,13H2,1-2H3. The molecule has 1 atom stereocenters. The van der Waals surface area contributed by atoms with Gasteiger partial charge >= 0.3 is 0 Å². The van der Waals surface area contributed by atoms with Crippen molar-refractivity contribution in [3.05, 3.63) is 0 Å². The second-order valence-corrected chi connectivity index (χ2v) is 8.12. The summed E-state index contributed by atoms with van der Waals surface area (Å²) in [7, 11) is -3.26. The number of nitrogens with zero attached hydrogens (tertiary/aromatic N) is 2. The molecule has 0 amide bonds. The van der Waals surface area contributed by atoms with E-state index in [9.17, 15) is 8.42 Å². The molecular formula is C12H25N3O2S. The molecule has 2 rings (SSSR count). The third kappa shape index (κ3) is 2.71. The normalized spacial score (nSPS) is 33.1. The van der Waals surface area contributed by atoms with E-state index in [0.29, 0.717) is 38.6 Å². The quantitative estimate of drug-likeness (QED) is 0.821. The molecule has 0 aliphatic carbocycles. The van der Waals surface area contributed by atoms with Crippen molar-refractivity contribution in [3.8, 4) is 0 Å². The van der Waals surface area contributed by atoms with E-state index in [1.54, 1.807) is 8.61 Å². The summed E-state index contributed by atoms with van der Waals surface area (Å²) in [5.74, 6) is 0.643. The highest BCUT2D eigenvalue weighted by Gasteiger charge is 2.41. The fourth-order valence-electron chi connectivity index (χ4n) is 2.72. The number of rotatable bonds is 3. The largest absolute Gasteiger partial charge is 0.330 e. The van der Waals surface area contributed by atoms with Gasteiger partial charge in [0.2, 0.25) is 0 Å². The van der Waals surface area contributed by atoms with Gasteiger partial charge in [-0.15, -0.1) is 0 Å². The smallest absolute Gasteiger partial charge is 0.281 e. The lowest BCUT2D eigenvalue weighted by Gasteiger charge is -2.33. The first-order valence-corrected chi connectivity index (χ1v) is 8.22. The Morgan fingerprint density at radius 3 is 2.33 bits per heavy atom. The predicted molar refractivity (Wildman–Crippen MR) is 72.2 cm³/mol. The van der Waals surface area contributed by atoms with Crippen LogP contribution in [0.3, 0.4) is 0 Å². The molecule has 106 valence electrons. The Hall–Kier alpha value is -0.170. The van der Waals surface area contributed by atoms with Gasteiger partial charge in [-0.3, -0.25) is 0 Å². The second-order valence-electron chi connectivity index (χ2n) is 6.19. The van der Waals surface area contributed by atoms with E-state index in [-0.39, 0.29) is 5.41 Å². The average Bonchev–Trinajstić information content (AvgIpc) is 2.74. The van der Waals surface area contributed by atoms with Gasteiger partial charge in [0, 0.05) is 26.2 Å². The lowest BCUT2D eigenvalue weighted by molar-refractivity contribution is 0.265. The Morgan fingerprint density at radius 2 is 1.83 bits per heavy atom. The molecule has 0 aromatic carbocycles. The van der Waals surface area contributed by atoms with Crippen molar-refractivity contribution >= 4 is 10.2 Å². The number of hydrogen-bond donors (Lipinski definition) is 1. The van der Waals surface area contributed by atoms with Crippen LogP contribution in [0.15, 0.2) is 0 Å². The van der Waals surface area contributed by atoms with Gasteiger partial charge in [-0.2, -0.15) is 17.0 Å². The SMILES string of the molecule is CC1CCN(S(=O)(=O)N2CCC(C)(CN)C2)CC1. The summed E-state index contributed by atoms with van der Waals surface area (Å²) in [6, 6.07) is 0. The Balaban J connectivity index is 2.04. The van der Waals surface area contributed by atoms with Gasteiger partial charge in [0.25, 0.3) is 10.2 Å². The lowest BCUT2D eigenvalue weighted by atomic mass is 9.90. The van der Waals surface area contributed by atoms with Crippen LogP contribution in [0.2, 0.25) is 0 Å². The van der Waals surface area contributed by atoms with Gasteiger partial charge < -0.3 is 5.73 Å². The molecular weight excluding hydrogens is 250 g/mol. The summed E-state index contributed by atoms with van der Waals surface area (Å²) >= 11 is 0. The molecule has 5 nitrogen and oxygen atoms in total. The van der Waals surface area contributed by atoms with Crippen molar-refractivity contribution in [1.82, 2.24) is 8.61 Å². The van der Waals surface area contributed by atoms with E-state index in [4.69, 9.17) is 5.73 Å². The first-order valence-electron chi connectivity index (χ1n) is 6.83. The van der Waals surface area contributed by atoms with Crippen molar-refractivity contribution in [2.24, 2.45) is 17.1 Å². The first-order chi connectivity index (χ1) is 8.37. The van der Waals surface area contributed by atoms with Gasteiger partial charge in [-0.1, -0.05) is 13.8 Å². The summed E-state index contributed by atoms with van der Waals surface area (Å²) in [6.07, 6.45) is 2.81. The van der Waals surface area contributed by atoms with Crippen molar-refractivity contribution in [2.45, 2.75) is 33.1 Å². The van der Waals surface area contributed by atoms with E-state index >= 15 is 0 Å². The predicted octanol–water partition coefficient (Wildman–Crippen LogP) is 0.634. The summed E-state index contributed by atoms with van der Waals surface area (Å²) in [5, 5.41) is 0. The molecule has 0 aromatic heterocycles. The van der Waals surface area contributed by atoms with Crippen molar-refractivity contribution in [1.29, 1.82) is 0 Å². The highest BCUT2D eigenvalue weighted by Crippen LogP contribution is 2.32. The Bertz CT molecular complexity index is 390. The van der Waals surface area contributed by atoms with Crippen molar-refractivity contribution in [3.63, 3.8) is 0 Å². The van der Waals surface area contributed by atoms with Crippen LogP contribution < -0.4 is 5.73 Å². The molecule has 2 heterocycles. The first kappa shape index (κ1) is 14.2. The molecule has 2 aliphatic rings. The van der Waals surface area contributed by atoms with Crippen LogP contribution in [0.5, 0.6) is 0 Å². The van der Waals surface area contributed by atoms with E-state index < -0.39 is 10.2 Å². The molecule has 0 saturated carbocycles. The van der Waals surface area contributed by atoms with Crippen molar-refractivity contribution < 1.29 is 8.42 Å². The summed E-state index contributed by atoms with van der Waals surface area (Å²) in [5.41, 5.74) is 5.69.